The van der Waals surface area contributed by atoms with Crippen LogP contribution in [0.25, 0.3) is 0 Å². The normalized spacial score (nSPS) is 15.2. The van der Waals surface area contributed by atoms with Crippen molar-refractivity contribution in [3.63, 3.8) is 0 Å². The van der Waals surface area contributed by atoms with Crippen LogP contribution in [0.4, 0.5) is 0 Å². The third-order valence-corrected chi connectivity index (χ3v) is 3.67. The smallest absolute Gasteiger partial charge is 0.118 e. The van der Waals surface area contributed by atoms with Crippen LogP contribution < -0.4 is 0 Å². The van der Waals surface area contributed by atoms with Crippen LogP contribution in [0.5, 0.6) is 0 Å². The fourth-order valence-corrected chi connectivity index (χ4v) is 2.31. The molecule has 0 aromatic carbocycles. The van der Waals surface area contributed by atoms with Crippen molar-refractivity contribution >= 4 is 0 Å². The Morgan fingerprint density at radius 3 is 2.36 bits per heavy atom. The Morgan fingerprint density at radius 1 is 1.23 bits per heavy atom. The minimum absolute atomic E-state index is 0.677. The third kappa shape index (κ3) is 5.93. The van der Waals surface area contributed by atoms with Gasteiger partial charge in [-0.05, 0) is 73.8 Å². The van der Waals surface area contributed by atoms with Gasteiger partial charge in [-0.3, -0.25) is 0 Å². The Morgan fingerprint density at radius 2 is 1.91 bits per heavy atom. The molecule has 120 valence electrons. The van der Waals surface area contributed by atoms with Crippen molar-refractivity contribution in [2.75, 3.05) is 6.61 Å². The third-order valence-electron chi connectivity index (χ3n) is 3.67. The first-order valence-corrected chi connectivity index (χ1v) is 8.17. The molecule has 1 nitrogen and oxygen atoms in total. The molecule has 0 radical (unpaired) electrons. The number of hydrogen-bond donors (Lipinski definition) is 0. The molecule has 0 atom stereocenters. The summed E-state index contributed by atoms with van der Waals surface area (Å²) in [7, 11) is 0. The largest absolute Gasteiger partial charge is 0.494 e. The lowest BCUT2D eigenvalue weighted by atomic mass is 9.95. The SMILES string of the molecule is C=CC=C(C(=C)CC(C=C)=CC(OCCC)=C(C)C)C1CC1. The minimum atomic E-state index is 0.677. The van der Waals surface area contributed by atoms with Crippen LogP contribution in [0.2, 0.25) is 0 Å². The Hall–Kier alpha value is -1.76. The van der Waals surface area contributed by atoms with E-state index in [0.717, 1.165) is 36.4 Å². The standard InChI is InChI=1S/C21H30O/c1-7-10-20(19-11-12-19)17(6)14-18(9-3)15-21(16(4)5)22-13-8-2/h7,9-10,15,19H,1,3,6,8,11-14H2,2,4-5H3. The fraction of sp³-hybridized carbons (Fsp3) is 0.429. The van der Waals surface area contributed by atoms with Crippen LogP contribution in [-0.4, -0.2) is 6.61 Å². The molecule has 0 unspecified atom stereocenters. The maximum absolute atomic E-state index is 5.83. The van der Waals surface area contributed by atoms with Gasteiger partial charge in [0.1, 0.15) is 5.76 Å². The van der Waals surface area contributed by atoms with E-state index in [0.29, 0.717) is 5.92 Å². The molecule has 0 heterocycles. The van der Waals surface area contributed by atoms with Gasteiger partial charge in [-0.2, -0.15) is 0 Å². The van der Waals surface area contributed by atoms with Crippen molar-refractivity contribution in [3.05, 3.63) is 72.1 Å². The van der Waals surface area contributed by atoms with Gasteiger partial charge in [0.25, 0.3) is 0 Å². The average molecular weight is 298 g/mol. The van der Waals surface area contributed by atoms with Crippen LogP contribution in [0, 0.1) is 5.92 Å². The highest BCUT2D eigenvalue weighted by molar-refractivity contribution is 5.41. The average Bonchev–Trinajstić information content (AvgIpc) is 3.31. The molecule has 0 amide bonds. The zero-order valence-electron chi connectivity index (χ0n) is 14.5. The van der Waals surface area contributed by atoms with E-state index < -0.39 is 0 Å². The maximum Gasteiger partial charge on any atom is 0.118 e. The molecule has 0 N–H and O–H groups in total. The van der Waals surface area contributed by atoms with E-state index in [1.807, 2.05) is 12.2 Å². The fourth-order valence-electron chi connectivity index (χ4n) is 2.31. The van der Waals surface area contributed by atoms with Crippen LogP contribution in [0.15, 0.2) is 72.1 Å². The second-order valence-electron chi connectivity index (χ2n) is 6.05. The van der Waals surface area contributed by atoms with Crippen molar-refractivity contribution < 1.29 is 4.74 Å². The van der Waals surface area contributed by atoms with E-state index in [1.54, 1.807) is 0 Å². The lowest BCUT2D eigenvalue weighted by Gasteiger charge is -2.13. The zero-order chi connectivity index (χ0) is 16.5. The summed E-state index contributed by atoms with van der Waals surface area (Å²) in [6, 6.07) is 0. The Balaban J connectivity index is 2.86. The highest BCUT2D eigenvalue weighted by atomic mass is 16.5. The summed E-state index contributed by atoms with van der Waals surface area (Å²) >= 11 is 0. The highest BCUT2D eigenvalue weighted by Crippen LogP contribution is 2.41. The van der Waals surface area contributed by atoms with Crippen molar-refractivity contribution in [3.8, 4) is 0 Å². The molecule has 22 heavy (non-hydrogen) atoms. The monoisotopic (exact) mass is 298 g/mol. The molecule has 1 rings (SSSR count). The number of rotatable bonds is 10. The number of allylic oxidation sites excluding steroid dienone is 8. The second-order valence-corrected chi connectivity index (χ2v) is 6.05. The van der Waals surface area contributed by atoms with E-state index in [4.69, 9.17) is 4.74 Å². The first-order valence-electron chi connectivity index (χ1n) is 8.17. The molecule has 0 aromatic heterocycles. The topological polar surface area (TPSA) is 9.23 Å². The molecule has 0 aromatic rings. The number of hydrogen-bond acceptors (Lipinski definition) is 1. The number of ether oxygens (including phenoxy) is 1. The first kappa shape index (κ1) is 18.3. The predicted octanol–water partition coefficient (Wildman–Crippen LogP) is 6.29. The van der Waals surface area contributed by atoms with Gasteiger partial charge in [-0.15, -0.1) is 0 Å². The summed E-state index contributed by atoms with van der Waals surface area (Å²) in [4.78, 5) is 0. The Bertz CT molecular complexity index is 506. The van der Waals surface area contributed by atoms with Gasteiger partial charge >= 0.3 is 0 Å². The molecule has 1 saturated carbocycles. The van der Waals surface area contributed by atoms with Crippen LogP contribution in [0.1, 0.15) is 46.5 Å². The van der Waals surface area contributed by atoms with Gasteiger partial charge in [-0.25, -0.2) is 0 Å². The van der Waals surface area contributed by atoms with Crippen molar-refractivity contribution in [1.82, 2.24) is 0 Å². The van der Waals surface area contributed by atoms with Gasteiger partial charge < -0.3 is 4.74 Å². The molecule has 1 heteroatoms. The molecule has 0 aliphatic heterocycles. The lowest BCUT2D eigenvalue weighted by molar-refractivity contribution is 0.221. The lowest BCUT2D eigenvalue weighted by Crippen LogP contribution is -1.97. The molecular weight excluding hydrogens is 268 g/mol. The quantitative estimate of drug-likeness (QED) is 0.340. The molecule has 1 fully saturated rings. The molecule has 0 saturated heterocycles. The van der Waals surface area contributed by atoms with E-state index in [-0.39, 0.29) is 0 Å². The predicted molar refractivity (Wildman–Crippen MR) is 97.7 cm³/mol. The Kier molecular flexibility index (Phi) is 7.73. The van der Waals surface area contributed by atoms with Gasteiger partial charge in [0.2, 0.25) is 0 Å². The van der Waals surface area contributed by atoms with Crippen molar-refractivity contribution in [2.24, 2.45) is 5.92 Å². The van der Waals surface area contributed by atoms with E-state index in [2.05, 4.69) is 52.7 Å². The van der Waals surface area contributed by atoms with Gasteiger partial charge in [0.15, 0.2) is 0 Å². The molecule has 1 aliphatic carbocycles. The van der Waals surface area contributed by atoms with Gasteiger partial charge in [-0.1, -0.05) is 44.9 Å². The van der Waals surface area contributed by atoms with E-state index in [9.17, 15) is 0 Å². The van der Waals surface area contributed by atoms with Gasteiger partial charge in [0, 0.05) is 0 Å². The summed E-state index contributed by atoms with van der Waals surface area (Å²) in [5, 5.41) is 0. The Labute approximate surface area is 136 Å². The van der Waals surface area contributed by atoms with Crippen molar-refractivity contribution in [2.45, 2.75) is 46.5 Å². The van der Waals surface area contributed by atoms with Crippen molar-refractivity contribution in [1.29, 1.82) is 0 Å². The first-order chi connectivity index (χ1) is 10.5. The van der Waals surface area contributed by atoms with Crippen LogP contribution in [-0.2, 0) is 4.74 Å². The zero-order valence-corrected chi connectivity index (χ0v) is 14.5. The minimum Gasteiger partial charge on any atom is -0.494 e. The van der Waals surface area contributed by atoms with Crippen LogP contribution >= 0.6 is 0 Å². The summed E-state index contributed by atoms with van der Waals surface area (Å²) in [5.74, 6) is 1.63. The second kappa shape index (κ2) is 9.30. The van der Waals surface area contributed by atoms with Crippen LogP contribution in [0.3, 0.4) is 0 Å². The molecule has 0 bridgehead atoms. The molecule has 0 spiro atoms. The highest BCUT2D eigenvalue weighted by Gasteiger charge is 2.26. The summed E-state index contributed by atoms with van der Waals surface area (Å²) in [6.45, 7) is 19.0. The summed E-state index contributed by atoms with van der Waals surface area (Å²) in [5.41, 5.74) is 4.84. The summed E-state index contributed by atoms with van der Waals surface area (Å²) in [6.07, 6.45) is 12.3. The van der Waals surface area contributed by atoms with E-state index >= 15 is 0 Å². The van der Waals surface area contributed by atoms with E-state index in [1.165, 1.54) is 24.0 Å². The molecular formula is C21H30O. The van der Waals surface area contributed by atoms with Gasteiger partial charge in [0.05, 0.1) is 6.61 Å². The maximum atomic E-state index is 5.83. The summed E-state index contributed by atoms with van der Waals surface area (Å²) < 4.78 is 5.83. The molecule has 1 aliphatic rings.